The Morgan fingerprint density at radius 2 is 1.07 bits per heavy atom. The highest BCUT2D eigenvalue weighted by Crippen LogP contribution is 2.34. The predicted molar refractivity (Wildman–Crippen MR) is 236 cm³/mol. The van der Waals surface area contributed by atoms with E-state index in [4.69, 9.17) is 0 Å². The number of phenolic OH excluding ortho intramolecular Hbond substituents is 1. The van der Waals surface area contributed by atoms with E-state index < -0.39 is 0 Å². The molecule has 0 amide bonds. The summed E-state index contributed by atoms with van der Waals surface area (Å²) in [4.78, 5) is 4.38. The molecule has 8 nitrogen and oxygen atoms in total. The van der Waals surface area contributed by atoms with Crippen molar-refractivity contribution < 1.29 is 9.50 Å². The van der Waals surface area contributed by atoms with E-state index in [0.29, 0.717) is 11.3 Å². The van der Waals surface area contributed by atoms with Gasteiger partial charge in [-0.3, -0.25) is 20.3 Å². The van der Waals surface area contributed by atoms with Gasteiger partial charge < -0.3 is 5.11 Å². The fourth-order valence-electron chi connectivity index (χ4n) is 7.68. The van der Waals surface area contributed by atoms with Crippen molar-refractivity contribution in [3.8, 4) is 5.75 Å². The van der Waals surface area contributed by atoms with Gasteiger partial charge in [0.2, 0.25) is 0 Å². The molecule has 0 aliphatic heterocycles. The van der Waals surface area contributed by atoms with E-state index in [-0.39, 0.29) is 27.5 Å². The smallest absolute Gasteiger partial charge is 0.129 e. The van der Waals surface area contributed by atoms with Crippen LogP contribution in [0.5, 0.6) is 5.75 Å². The van der Waals surface area contributed by atoms with Crippen molar-refractivity contribution in [1.82, 2.24) is 35.6 Å². The van der Waals surface area contributed by atoms with Crippen molar-refractivity contribution in [2.45, 2.75) is 119 Å². The second kappa shape index (κ2) is 16.1. The van der Waals surface area contributed by atoms with Crippen LogP contribution in [0, 0.1) is 19.7 Å². The molecule has 300 valence electrons. The normalized spacial score (nSPS) is 12.2. The minimum atomic E-state index is -0.212. The molecule has 0 radical (unpaired) electrons. The molecule has 57 heavy (non-hydrogen) atoms. The maximum absolute atomic E-state index is 13.6. The minimum Gasteiger partial charge on any atom is -0.508 e. The first-order chi connectivity index (χ1) is 26.5. The largest absolute Gasteiger partial charge is 0.508 e. The van der Waals surface area contributed by atoms with Gasteiger partial charge in [-0.2, -0.15) is 15.3 Å². The summed E-state index contributed by atoms with van der Waals surface area (Å²) in [6, 6.07) is 19.2. The molecular formula is C48H60FN7O. The van der Waals surface area contributed by atoms with Gasteiger partial charge in [-0.25, -0.2) is 4.39 Å². The molecule has 0 spiro atoms. The second-order valence-corrected chi connectivity index (χ2v) is 19.0. The van der Waals surface area contributed by atoms with Crippen LogP contribution in [-0.4, -0.2) is 40.7 Å². The number of H-pyrrole nitrogens is 3. The van der Waals surface area contributed by atoms with Gasteiger partial charge >= 0.3 is 0 Å². The Labute approximate surface area is 336 Å². The van der Waals surface area contributed by atoms with Gasteiger partial charge in [-0.1, -0.05) is 107 Å². The maximum Gasteiger partial charge on any atom is 0.129 e. The van der Waals surface area contributed by atoms with E-state index >= 15 is 0 Å². The molecule has 9 heteroatoms. The Morgan fingerprint density at radius 3 is 1.65 bits per heavy atom. The summed E-state index contributed by atoms with van der Waals surface area (Å²) >= 11 is 0. The summed E-state index contributed by atoms with van der Waals surface area (Å²) in [6.45, 7) is 30.1. The molecule has 0 saturated heterocycles. The molecule has 0 fully saturated rings. The number of rotatable bonds is 0. The van der Waals surface area contributed by atoms with Crippen LogP contribution in [0.2, 0.25) is 0 Å². The van der Waals surface area contributed by atoms with Gasteiger partial charge in [0.15, 0.2) is 0 Å². The number of hydrogen-bond donors (Lipinski definition) is 4. The molecule has 0 atom stereocenters. The van der Waals surface area contributed by atoms with Crippen molar-refractivity contribution in [2.75, 3.05) is 0 Å². The lowest BCUT2D eigenvalue weighted by molar-refractivity contribution is 0.472. The lowest BCUT2D eigenvalue weighted by Gasteiger charge is -2.22. The van der Waals surface area contributed by atoms with Crippen LogP contribution in [0.4, 0.5) is 4.39 Å². The Balaban J connectivity index is 0.000000145. The Hall–Kier alpha value is -5.57. The average molecular weight is 770 g/mol. The van der Waals surface area contributed by atoms with E-state index in [2.05, 4.69) is 136 Å². The maximum atomic E-state index is 13.6. The van der Waals surface area contributed by atoms with Crippen molar-refractivity contribution in [1.29, 1.82) is 0 Å². The first kappa shape index (κ1) is 42.6. The van der Waals surface area contributed by atoms with E-state index in [1.165, 1.54) is 44.6 Å². The molecule has 0 unspecified atom stereocenters. The first-order valence-electron chi connectivity index (χ1n) is 19.5. The molecule has 4 heterocycles. The van der Waals surface area contributed by atoms with Crippen LogP contribution >= 0.6 is 0 Å². The topological polar surface area (TPSA) is 119 Å². The molecule has 4 aromatic carbocycles. The number of fused-ring (bicyclic) bond motifs is 4. The van der Waals surface area contributed by atoms with Crippen LogP contribution in [0.25, 0.3) is 43.6 Å². The summed E-state index contributed by atoms with van der Waals surface area (Å²) in [7, 11) is 0. The lowest BCUT2D eigenvalue weighted by Crippen LogP contribution is -2.14. The van der Waals surface area contributed by atoms with Crippen LogP contribution in [0.15, 0.2) is 85.5 Å². The fraction of sp³-hybridized carbons (Fsp3) is 0.375. The third-order valence-electron chi connectivity index (χ3n) is 9.97. The van der Waals surface area contributed by atoms with Gasteiger partial charge in [0.25, 0.3) is 0 Å². The third-order valence-corrected chi connectivity index (χ3v) is 9.97. The van der Waals surface area contributed by atoms with Crippen molar-refractivity contribution in [3.05, 3.63) is 125 Å². The molecule has 4 aromatic heterocycles. The summed E-state index contributed by atoms with van der Waals surface area (Å²) < 4.78 is 13.6. The molecule has 0 bridgehead atoms. The lowest BCUT2D eigenvalue weighted by atomic mass is 9.82. The summed E-state index contributed by atoms with van der Waals surface area (Å²) in [5, 5.41) is 35.1. The van der Waals surface area contributed by atoms with Gasteiger partial charge in [0.05, 0.1) is 40.7 Å². The molecule has 0 saturated carbocycles. The minimum absolute atomic E-state index is 0.00859. The molecule has 8 aromatic rings. The van der Waals surface area contributed by atoms with E-state index in [1.807, 2.05) is 45.3 Å². The Bertz CT molecular complexity index is 2400. The number of aromatic nitrogens is 7. The Morgan fingerprint density at radius 1 is 0.544 bits per heavy atom. The second-order valence-electron chi connectivity index (χ2n) is 19.0. The molecule has 0 aliphatic carbocycles. The zero-order chi connectivity index (χ0) is 42.1. The molecular weight excluding hydrogens is 710 g/mol. The standard InChI is InChI=1S/C13H15NO.2C12H16N2.C11H13FN2/c1-13(2,3)11-8-10(15)7-9-5-4-6-14-12(9)11;1-8-5-6-10-9(7-13-14-10)11(8)12(2,3)4;1-8-5-6-9-7-13-14-11(9)10(8)12(2,3)4;1-11(2,3)9-8(12)5-4-7-6-13-14-10(7)9/h4-8,15H,1-3H3;2*5-7H,1-4H3,(H,13,14);4-6H,1-3H3,(H,13,14). The van der Waals surface area contributed by atoms with Crippen molar-refractivity contribution in [2.24, 2.45) is 0 Å². The number of pyridine rings is 1. The highest BCUT2D eigenvalue weighted by Gasteiger charge is 2.23. The molecule has 0 aliphatic rings. The molecule has 8 rings (SSSR count). The SMILES string of the molecule is CC(C)(C)c1c(F)ccc2cn[nH]c12.CC(C)(C)c1cc(O)cc2cccnc12.Cc1ccc2[nH]ncc2c1C(C)(C)C.Cc1ccc2cn[nH]c2c1C(C)(C)C. The van der Waals surface area contributed by atoms with Crippen molar-refractivity contribution >= 4 is 43.6 Å². The monoisotopic (exact) mass is 769 g/mol. The number of hydrogen-bond acceptors (Lipinski definition) is 5. The number of aryl methyl sites for hydroxylation is 2. The highest BCUT2D eigenvalue weighted by molar-refractivity contribution is 5.86. The fourth-order valence-corrected chi connectivity index (χ4v) is 7.68. The van der Waals surface area contributed by atoms with Gasteiger partial charge in [0, 0.05) is 33.3 Å². The highest BCUT2D eigenvalue weighted by atomic mass is 19.1. The number of phenols is 1. The number of nitrogens with zero attached hydrogens (tertiary/aromatic N) is 4. The first-order valence-corrected chi connectivity index (χ1v) is 19.5. The zero-order valence-corrected chi connectivity index (χ0v) is 36.2. The Kier molecular flexibility index (Phi) is 12.0. The quantitative estimate of drug-likeness (QED) is 0.122. The van der Waals surface area contributed by atoms with Crippen LogP contribution in [0.3, 0.4) is 0 Å². The number of benzene rings is 4. The summed E-state index contributed by atoms with van der Waals surface area (Å²) in [5.74, 6) is 0.134. The van der Waals surface area contributed by atoms with Crippen LogP contribution in [0.1, 0.15) is 116 Å². The predicted octanol–water partition coefficient (Wildman–Crippen LogP) is 12.6. The van der Waals surface area contributed by atoms with Gasteiger partial charge in [-0.05, 0) is 99.7 Å². The molecule has 4 N–H and O–H groups in total. The number of nitrogens with one attached hydrogen (secondary N) is 3. The number of aromatic amines is 3. The van der Waals surface area contributed by atoms with E-state index in [0.717, 1.165) is 32.9 Å². The average Bonchev–Trinajstić information content (AvgIpc) is 3.87. The van der Waals surface area contributed by atoms with E-state index in [9.17, 15) is 9.50 Å². The number of halogens is 1. The van der Waals surface area contributed by atoms with E-state index in [1.54, 1.807) is 30.6 Å². The van der Waals surface area contributed by atoms with Gasteiger partial charge in [0.1, 0.15) is 11.6 Å². The van der Waals surface area contributed by atoms with Crippen LogP contribution in [-0.2, 0) is 21.7 Å². The summed E-state index contributed by atoms with van der Waals surface area (Å²) in [6.07, 6.45) is 7.30. The summed E-state index contributed by atoms with van der Waals surface area (Å²) in [5.41, 5.74) is 11.4. The third kappa shape index (κ3) is 9.70. The van der Waals surface area contributed by atoms with Crippen molar-refractivity contribution in [3.63, 3.8) is 0 Å². The van der Waals surface area contributed by atoms with Gasteiger partial charge in [-0.15, -0.1) is 0 Å². The van der Waals surface area contributed by atoms with Crippen LogP contribution < -0.4 is 0 Å². The zero-order valence-electron chi connectivity index (χ0n) is 36.2. The number of aromatic hydroxyl groups is 1.